The zero-order valence-corrected chi connectivity index (χ0v) is 21.5. The molecule has 0 saturated carbocycles. The van der Waals surface area contributed by atoms with Crippen LogP contribution in [0.15, 0.2) is 77.1 Å². The number of anilines is 1. The second-order valence-electron chi connectivity index (χ2n) is 7.83. The van der Waals surface area contributed by atoms with E-state index in [9.17, 15) is 0 Å². The van der Waals surface area contributed by atoms with Gasteiger partial charge in [-0.3, -0.25) is 4.90 Å². The molecular formula is C25H32IN5S. The Kier molecular flexibility index (Phi) is 9.83. The number of guanidine groups is 1. The van der Waals surface area contributed by atoms with Crippen molar-refractivity contribution in [3.8, 4) is 0 Å². The first-order valence-corrected chi connectivity index (χ1v) is 11.8. The van der Waals surface area contributed by atoms with Crippen LogP contribution in [0.1, 0.15) is 16.0 Å². The van der Waals surface area contributed by atoms with E-state index >= 15 is 0 Å². The Labute approximate surface area is 212 Å². The van der Waals surface area contributed by atoms with Gasteiger partial charge in [0.15, 0.2) is 5.96 Å². The van der Waals surface area contributed by atoms with Crippen LogP contribution in [0, 0.1) is 0 Å². The fourth-order valence-corrected chi connectivity index (χ4v) is 4.61. The molecule has 2 heterocycles. The van der Waals surface area contributed by atoms with Gasteiger partial charge < -0.3 is 16.0 Å². The van der Waals surface area contributed by atoms with Crippen molar-refractivity contribution in [1.82, 2.24) is 10.2 Å². The molecule has 0 unspecified atom stereocenters. The number of halogens is 1. The number of benzene rings is 2. The fraction of sp³-hybridized carbons (Fsp3) is 0.320. The second-order valence-corrected chi connectivity index (χ2v) is 8.86. The first-order chi connectivity index (χ1) is 15.3. The second kappa shape index (κ2) is 12.8. The molecule has 5 nitrogen and oxygen atoms in total. The van der Waals surface area contributed by atoms with Crippen LogP contribution in [0.25, 0.3) is 0 Å². The zero-order valence-electron chi connectivity index (χ0n) is 18.3. The smallest absolute Gasteiger partial charge is 0.188 e. The Bertz CT molecular complexity index is 953. The highest BCUT2D eigenvalue weighted by molar-refractivity contribution is 14.0. The van der Waals surface area contributed by atoms with Crippen LogP contribution in [-0.4, -0.2) is 43.6 Å². The summed E-state index contributed by atoms with van der Waals surface area (Å²) in [7, 11) is 0. The molecule has 0 atom stereocenters. The minimum atomic E-state index is 0. The molecule has 32 heavy (non-hydrogen) atoms. The molecule has 1 aliphatic heterocycles. The molecule has 1 aliphatic rings. The Balaban J connectivity index is 0.00000289. The third kappa shape index (κ3) is 7.21. The van der Waals surface area contributed by atoms with Crippen LogP contribution in [-0.2, 0) is 19.5 Å². The van der Waals surface area contributed by atoms with Crippen LogP contribution < -0.4 is 16.0 Å². The molecule has 3 N–H and O–H groups in total. The summed E-state index contributed by atoms with van der Waals surface area (Å²) in [5.74, 6) is 0.517. The highest BCUT2D eigenvalue weighted by Crippen LogP contribution is 2.18. The lowest BCUT2D eigenvalue weighted by atomic mass is 10.1. The maximum atomic E-state index is 6.09. The first-order valence-electron chi connectivity index (χ1n) is 10.9. The Morgan fingerprint density at radius 2 is 1.62 bits per heavy atom. The molecule has 2 aromatic carbocycles. The number of nitrogens with two attached hydrogens (primary N) is 1. The van der Waals surface area contributed by atoms with Crippen LogP contribution in [0.4, 0.5) is 5.69 Å². The summed E-state index contributed by atoms with van der Waals surface area (Å²) in [6.45, 7) is 6.63. The maximum Gasteiger partial charge on any atom is 0.188 e. The van der Waals surface area contributed by atoms with Crippen molar-refractivity contribution >= 4 is 47.0 Å². The molecule has 0 radical (unpaired) electrons. The minimum Gasteiger partial charge on any atom is -0.370 e. The summed E-state index contributed by atoms with van der Waals surface area (Å²) in [4.78, 5) is 10.9. The summed E-state index contributed by atoms with van der Waals surface area (Å²) in [5.41, 5.74) is 10.00. The standard InChI is InChI=1S/C25H31N5S.HI/c26-25(27-13-12-24-11-6-18-31-24)28-19-21-7-4-5-8-22(21)20-29-14-16-30(17-15-29)23-9-2-1-3-10-23;/h1-11,18H,12-17,19-20H2,(H3,26,27,28);1H. The van der Waals surface area contributed by atoms with Crippen LogP contribution in [0.3, 0.4) is 0 Å². The molecule has 1 saturated heterocycles. The molecule has 4 rings (SSSR count). The van der Waals surface area contributed by atoms with Gasteiger partial charge in [0.1, 0.15) is 0 Å². The number of nitrogens with zero attached hydrogens (tertiary/aromatic N) is 3. The number of hydrogen-bond donors (Lipinski definition) is 2. The molecule has 3 aromatic rings. The van der Waals surface area contributed by atoms with Gasteiger partial charge in [0.2, 0.25) is 0 Å². The summed E-state index contributed by atoms with van der Waals surface area (Å²) in [6.07, 6.45) is 0.972. The van der Waals surface area contributed by atoms with Gasteiger partial charge in [0, 0.05) is 49.8 Å². The molecule has 1 aromatic heterocycles. The average molecular weight is 562 g/mol. The third-order valence-corrected chi connectivity index (χ3v) is 6.62. The Hall–Kier alpha value is -2.10. The molecule has 0 spiro atoms. The monoisotopic (exact) mass is 561 g/mol. The molecule has 7 heteroatoms. The lowest BCUT2D eigenvalue weighted by Crippen LogP contribution is -2.46. The van der Waals surface area contributed by atoms with Crippen LogP contribution in [0.2, 0.25) is 0 Å². The molecule has 1 fully saturated rings. The van der Waals surface area contributed by atoms with Gasteiger partial charge in [0.05, 0.1) is 6.54 Å². The van der Waals surface area contributed by atoms with E-state index in [0.717, 1.165) is 45.7 Å². The number of aliphatic imine (C=N–C) groups is 1. The van der Waals surface area contributed by atoms with Crippen LogP contribution >= 0.6 is 35.3 Å². The summed E-state index contributed by atoms with van der Waals surface area (Å²) in [6, 6.07) is 23.5. The predicted molar refractivity (Wildman–Crippen MR) is 147 cm³/mol. The molecule has 0 aliphatic carbocycles. The van der Waals surface area contributed by atoms with Crippen molar-refractivity contribution in [1.29, 1.82) is 0 Å². The van der Waals surface area contributed by atoms with Crippen molar-refractivity contribution in [3.63, 3.8) is 0 Å². The third-order valence-electron chi connectivity index (χ3n) is 5.68. The number of rotatable bonds is 8. The Morgan fingerprint density at radius 3 is 2.34 bits per heavy atom. The van der Waals surface area contributed by atoms with Crippen molar-refractivity contribution < 1.29 is 0 Å². The number of piperazine rings is 1. The first kappa shape index (κ1) is 24.5. The van der Waals surface area contributed by atoms with Gasteiger partial charge in [-0.25, -0.2) is 4.99 Å². The minimum absolute atomic E-state index is 0. The molecule has 0 bridgehead atoms. The largest absolute Gasteiger partial charge is 0.370 e. The maximum absolute atomic E-state index is 6.09. The topological polar surface area (TPSA) is 56.9 Å². The van der Waals surface area contributed by atoms with Gasteiger partial charge in [-0.05, 0) is 41.1 Å². The Morgan fingerprint density at radius 1 is 0.906 bits per heavy atom. The summed E-state index contributed by atoms with van der Waals surface area (Å²) in [5, 5.41) is 5.33. The van der Waals surface area contributed by atoms with Gasteiger partial charge >= 0.3 is 0 Å². The van der Waals surface area contributed by atoms with Gasteiger partial charge in [-0.1, -0.05) is 48.5 Å². The van der Waals surface area contributed by atoms with E-state index in [1.165, 1.54) is 21.7 Å². The van der Waals surface area contributed by atoms with Gasteiger partial charge in [-0.2, -0.15) is 0 Å². The van der Waals surface area contributed by atoms with Gasteiger partial charge in [0.25, 0.3) is 0 Å². The summed E-state index contributed by atoms with van der Waals surface area (Å²) < 4.78 is 0. The number of para-hydroxylation sites is 1. The lowest BCUT2D eigenvalue weighted by Gasteiger charge is -2.36. The predicted octanol–water partition coefficient (Wildman–Crippen LogP) is 4.34. The summed E-state index contributed by atoms with van der Waals surface area (Å²) >= 11 is 1.77. The van der Waals surface area contributed by atoms with Gasteiger partial charge in [-0.15, -0.1) is 35.3 Å². The molecule has 0 amide bonds. The van der Waals surface area contributed by atoms with Crippen molar-refractivity contribution in [2.75, 3.05) is 37.6 Å². The normalized spacial score (nSPS) is 14.8. The highest BCUT2D eigenvalue weighted by Gasteiger charge is 2.18. The SMILES string of the molecule is I.NC(=NCc1ccccc1CN1CCN(c2ccccc2)CC1)NCCc1cccs1. The van der Waals surface area contributed by atoms with Crippen molar-refractivity contribution in [2.24, 2.45) is 10.7 Å². The van der Waals surface area contributed by atoms with E-state index < -0.39 is 0 Å². The van der Waals surface area contributed by atoms with Crippen molar-refractivity contribution in [3.05, 3.63) is 88.1 Å². The number of thiophene rings is 1. The lowest BCUT2D eigenvalue weighted by molar-refractivity contribution is 0.249. The average Bonchev–Trinajstić information content (AvgIpc) is 3.33. The number of nitrogens with one attached hydrogen (secondary N) is 1. The van der Waals surface area contributed by atoms with Crippen LogP contribution in [0.5, 0.6) is 0 Å². The van der Waals surface area contributed by atoms with E-state index in [0.29, 0.717) is 12.5 Å². The highest BCUT2D eigenvalue weighted by atomic mass is 127. The quantitative estimate of drug-likeness (QED) is 0.244. The number of hydrogen-bond acceptors (Lipinski definition) is 4. The molecular weight excluding hydrogens is 529 g/mol. The van der Waals surface area contributed by atoms with E-state index in [-0.39, 0.29) is 24.0 Å². The zero-order chi connectivity index (χ0) is 21.3. The van der Waals surface area contributed by atoms with E-state index in [4.69, 9.17) is 5.73 Å². The fourth-order valence-electron chi connectivity index (χ4n) is 3.90. The molecule has 170 valence electrons. The van der Waals surface area contributed by atoms with Crippen molar-refractivity contribution in [2.45, 2.75) is 19.5 Å². The van der Waals surface area contributed by atoms with E-state index in [1.54, 1.807) is 11.3 Å². The van der Waals surface area contributed by atoms with E-state index in [1.807, 2.05) is 0 Å². The van der Waals surface area contributed by atoms with E-state index in [2.05, 4.69) is 92.2 Å².